The van der Waals surface area contributed by atoms with E-state index >= 15 is 0 Å². The molecule has 0 radical (unpaired) electrons. The van der Waals surface area contributed by atoms with Crippen molar-refractivity contribution in [3.05, 3.63) is 58.4 Å². The number of carbonyl (C=O) groups excluding carboxylic acids is 1. The van der Waals surface area contributed by atoms with E-state index in [0.29, 0.717) is 5.56 Å². The molecule has 10 heteroatoms. The standard InChI is InChI=1S/C20H19F4NO5/c1-10(2)17(26)13-5-6-15(16(18(13)27)20(22,23)24)30-9-12-4-3-11(7-14(12)21)8-25-19(28)29/h3-7,10,25,27H,8-9H2,1-2H3,(H,28,29). The minimum atomic E-state index is -5.02. The molecule has 2 aromatic rings. The van der Waals surface area contributed by atoms with Gasteiger partial charge in [-0.2, -0.15) is 13.2 Å². The fourth-order valence-corrected chi connectivity index (χ4v) is 2.63. The number of ketones is 1. The highest BCUT2D eigenvalue weighted by Crippen LogP contribution is 2.44. The van der Waals surface area contributed by atoms with Crippen LogP contribution in [-0.4, -0.2) is 22.1 Å². The van der Waals surface area contributed by atoms with Crippen molar-refractivity contribution in [2.45, 2.75) is 33.2 Å². The van der Waals surface area contributed by atoms with Crippen LogP contribution in [0.5, 0.6) is 11.5 Å². The minimum absolute atomic E-state index is 0.0796. The molecule has 2 rings (SSSR count). The molecule has 0 heterocycles. The molecule has 0 aromatic heterocycles. The number of nitrogens with one attached hydrogen (secondary N) is 1. The van der Waals surface area contributed by atoms with Crippen LogP contribution in [0.15, 0.2) is 30.3 Å². The Labute approximate surface area is 169 Å². The molecule has 0 saturated heterocycles. The van der Waals surface area contributed by atoms with Crippen molar-refractivity contribution >= 4 is 11.9 Å². The number of aromatic hydroxyl groups is 1. The number of amides is 1. The lowest BCUT2D eigenvalue weighted by molar-refractivity contribution is -0.140. The van der Waals surface area contributed by atoms with E-state index in [9.17, 15) is 32.3 Å². The van der Waals surface area contributed by atoms with E-state index in [-0.39, 0.29) is 12.1 Å². The van der Waals surface area contributed by atoms with Gasteiger partial charge in [0.1, 0.15) is 29.5 Å². The molecular formula is C20H19F4NO5. The number of benzene rings is 2. The molecule has 2 aromatic carbocycles. The summed E-state index contributed by atoms with van der Waals surface area (Å²) in [6.07, 6.45) is -6.31. The SMILES string of the molecule is CC(C)C(=O)c1ccc(OCc2ccc(CNC(=O)O)cc2F)c(C(F)(F)F)c1O. The van der Waals surface area contributed by atoms with E-state index in [1.165, 1.54) is 26.0 Å². The van der Waals surface area contributed by atoms with Crippen molar-refractivity contribution in [1.82, 2.24) is 5.32 Å². The van der Waals surface area contributed by atoms with Crippen LogP contribution in [0.3, 0.4) is 0 Å². The van der Waals surface area contributed by atoms with Crippen molar-refractivity contribution < 1.29 is 42.1 Å². The third-order valence-corrected chi connectivity index (χ3v) is 4.16. The summed E-state index contributed by atoms with van der Waals surface area (Å²) in [5.41, 5.74) is -1.77. The van der Waals surface area contributed by atoms with E-state index in [1.54, 1.807) is 0 Å². The van der Waals surface area contributed by atoms with Crippen molar-refractivity contribution in [1.29, 1.82) is 0 Å². The van der Waals surface area contributed by atoms with Crippen LogP contribution in [0, 0.1) is 11.7 Å². The fraction of sp³-hybridized carbons (Fsp3) is 0.300. The monoisotopic (exact) mass is 429 g/mol. The molecule has 0 saturated carbocycles. The predicted octanol–water partition coefficient (Wildman–Crippen LogP) is 4.74. The highest BCUT2D eigenvalue weighted by Gasteiger charge is 2.40. The molecule has 1 amide bonds. The maximum Gasteiger partial charge on any atom is 0.423 e. The van der Waals surface area contributed by atoms with E-state index in [1.807, 2.05) is 0 Å². The first-order valence-electron chi connectivity index (χ1n) is 8.76. The molecule has 30 heavy (non-hydrogen) atoms. The van der Waals surface area contributed by atoms with Gasteiger partial charge < -0.3 is 20.3 Å². The highest BCUT2D eigenvalue weighted by atomic mass is 19.4. The van der Waals surface area contributed by atoms with E-state index < -0.39 is 59.0 Å². The van der Waals surface area contributed by atoms with Crippen molar-refractivity contribution in [2.24, 2.45) is 5.92 Å². The number of phenols is 1. The molecule has 0 aliphatic rings. The zero-order valence-corrected chi connectivity index (χ0v) is 16.0. The largest absolute Gasteiger partial charge is 0.506 e. The molecule has 0 spiro atoms. The lowest BCUT2D eigenvalue weighted by Crippen LogP contribution is -2.20. The molecular weight excluding hydrogens is 410 g/mol. The number of alkyl halides is 3. The fourth-order valence-electron chi connectivity index (χ4n) is 2.63. The second-order valence-corrected chi connectivity index (χ2v) is 6.72. The van der Waals surface area contributed by atoms with Gasteiger partial charge in [0.15, 0.2) is 5.78 Å². The summed E-state index contributed by atoms with van der Waals surface area (Å²) in [7, 11) is 0. The molecule has 0 bridgehead atoms. The Balaban J connectivity index is 2.29. The quantitative estimate of drug-likeness (QED) is 0.437. The summed E-state index contributed by atoms with van der Waals surface area (Å²) in [4.78, 5) is 22.5. The maximum atomic E-state index is 14.2. The Hall–Kier alpha value is -3.30. The van der Waals surface area contributed by atoms with Crippen LogP contribution in [0.4, 0.5) is 22.4 Å². The number of carbonyl (C=O) groups is 2. The molecule has 0 aliphatic heterocycles. The number of hydrogen-bond donors (Lipinski definition) is 3. The number of carboxylic acid groups (broad SMARTS) is 1. The van der Waals surface area contributed by atoms with Gasteiger partial charge in [-0.3, -0.25) is 4.79 Å². The van der Waals surface area contributed by atoms with Gasteiger partial charge in [0, 0.05) is 18.0 Å². The van der Waals surface area contributed by atoms with Gasteiger partial charge in [-0.1, -0.05) is 26.0 Å². The van der Waals surface area contributed by atoms with Crippen LogP contribution < -0.4 is 10.1 Å². The summed E-state index contributed by atoms with van der Waals surface area (Å²) in [5.74, 6) is -4.09. The van der Waals surface area contributed by atoms with Crippen LogP contribution in [0.2, 0.25) is 0 Å². The van der Waals surface area contributed by atoms with E-state index in [0.717, 1.165) is 18.2 Å². The predicted molar refractivity (Wildman–Crippen MR) is 97.9 cm³/mol. The lowest BCUT2D eigenvalue weighted by Gasteiger charge is -2.18. The van der Waals surface area contributed by atoms with Gasteiger partial charge in [-0.15, -0.1) is 0 Å². The molecule has 0 atom stereocenters. The first-order chi connectivity index (χ1) is 13.9. The number of hydrogen-bond acceptors (Lipinski definition) is 4. The first kappa shape index (κ1) is 23.0. The van der Waals surface area contributed by atoms with Gasteiger partial charge >= 0.3 is 12.3 Å². The summed E-state index contributed by atoms with van der Waals surface area (Å²) >= 11 is 0. The van der Waals surface area contributed by atoms with Crippen LogP contribution in [0.25, 0.3) is 0 Å². The Kier molecular flexibility index (Phi) is 6.91. The van der Waals surface area contributed by atoms with Gasteiger partial charge in [-0.25, -0.2) is 9.18 Å². The average molecular weight is 429 g/mol. The van der Waals surface area contributed by atoms with Crippen molar-refractivity contribution in [2.75, 3.05) is 0 Å². The summed E-state index contributed by atoms with van der Waals surface area (Å²) in [6, 6.07) is 5.60. The molecule has 3 N–H and O–H groups in total. The number of rotatable bonds is 7. The number of ether oxygens (including phenoxy) is 1. The molecule has 0 unspecified atom stereocenters. The maximum absolute atomic E-state index is 14.2. The zero-order chi connectivity index (χ0) is 22.6. The zero-order valence-electron chi connectivity index (χ0n) is 16.0. The minimum Gasteiger partial charge on any atom is -0.506 e. The van der Waals surface area contributed by atoms with Gasteiger partial charge in [0.05, 0.1) is 5.56 Å². The molecule has 6 nitrogen and oxygen atoms in total. The van der Waals surface area contributed by atoms with Crippen LogP contribution in [-0.2, 0) is 19.3 Å². The first-order valence-corrected chi connectivity index (χ1v) is 8.76. The number of phenolic OH excluding ortho intramolecular Hbond substituents is 1. The van der Waals surface area contributed by atoms with Crippen LogP contribution in [0.1, 0.15) is 40.9 Å². The Bertz CT molecular complexity index is 957. The van der Waals surface area contributed by atoms with E-state index in [4.69, 9.17) is 9.84 Å². The highest BCUT2D eigenvalue weighted by molar-refractivity contribution is 6.00. The summed E-state index contributed by atoms with van der Waals surface area (Å²) in [6.45, 7) is 2.24. The Morgan fingerprint density at radius 1 is 1.17 bits per heavy atom. The topological polar surface area (TPSA) is 95.9 Å². The molecule has 162 valence electrons. The Morgan fingerprint density at radius 3 is 2.37 bits per heavy atom. The van der Waals surface area contributed by atoms with Crippen molar-refractivity contribution in [3.63, 3.8) is 0 Å². The van der Waals surface area contributed by atoms with Crippen LogP contribution >= 0.6 is 0 Å². The normalized spacial score (nSPS) is 11.4. The smallest absolute Gasteiger partial charge is 0.423 e. The van der Waals surface area contributed by atoms with E-state index in [2.05, 4.69) is 5.32 Å². The number of halogens is 4. The summed E-state index contributed by atoms with van der Waals surface area (Å²) in [5, 5.41) is 20.7. The lowest BCUT2D eigenvalue weighted by atomic mass is 9.97. The molecule has 0 fully saturated rings. The van der Waals surface area contributed by atoms with Gasteiger partial charge in [0.2, 0.25) is 0 Å². The van der Waals surface area contributed by atoms with Gasteiger partial charge in [0.25, 0.3) is 0 Å². The Morgan fingerprint density at radius 2 is 1.83 bits per heavy atom. The second-order valence-electron chi connectivity index (χ2n) is 6.72. The summed E-state index contributed by atoms with van der Waals surface area (Å²) < 4.78 is 59.7. The third kappa shape index (κ3) is 5.40. The molecule has 0 aliphatic carbocycles. The van der Waals surface area contributed by atoms with Gasteiger partial charge in [-0.05, 0) is 23.8 Å². The number of Topliss-reactive ketones (excluding diaryl/α,β-unsaturated/α-hetero) is 1. The second kappa shape index (κ2) is 9.02. The average Bonchev–Trinajstić information content (AvgIpc) is 2.63. The van der Waals surface area contributed by atoms with Crippen molar-refractivity contribution in [3.8, 4) is 11.5 Å². The third-order valence-electron chi connectivity index (χ3n) is 4.16.